The Hall–Kier alpha value is -3.09. The van der Waals surface area contributed by atoms with E-state index >= 15 is 0 Å². The summed E-state index contributed by atoms with van der Waals surface area (Å²) in [7, 11) is 0. The summed E-state index contributed by atoms with van der Waals surface area (Å²) >= 11 is 0. The van der Waals surface area contributed by atoms with E-state index in [1.54, 1.807) is 36.7 Å². The highest BCUT2D eigenvalue weighted by atomic mass is 16.5. The lowest BCUT2D eigenvalue weighted by atomic mass is 10.2. The van der Waals surface area contributed by atoms with Crippen molar-refractivity contribution in [2.75, 3.05) is 23.7 Å². The number of ether oxygens (including phenoxy) is 1. The fraction of sp³-hybridized carbons (Fsp3) is 0.350. The van der Waals surface area contributed by atoms with E-state index < -0.39 is 0 Å². The second kappa shape index (κ2) is 9.56. The quantitative estimate of drug-likeness (QED) is 0.514. The van der Waals surface area contributed by atoms with Crippen LogP contribution in [0, 0.1) is 0 Å². The monoisotopic (exact) mass is 368 g/mol. The predicted molar refractivity (Wildman–Crippen MR) is 104 cm³/mol. The Balaban J connectivity index is 1.38. The van der Waals surface area contributed by atoms with Gasteiger partial charge in [-0.25, -0.2) is 9.59 Å². The smallest absolute Gasteiger partial charge is 0.338 e. The van der Waals surface area contributed by atoms with Gasteiger partial charge in [0.05, 0.1) is 11.3 Å². The van der Waals surface area contributed by atoms with Crippen LogP contribution in [0.4, 0.5) is 16.2 Å². The summed E-state index contributed by atoms with van der Waals surface area (Å²) in [5.74, 6) is -0.306. The molecule has 0 bridgehead atoms. The molecule has 0 radical (unpaired) electrons. The molecule has 7 nitrogen and oxygen atoms in total. The fourth-order valence-electron chi connectivity index (χ4n) is 2.94. The highest BCUT2D eigenvalue weighted by Crippen LogP contribution is 2.22. The summed E-state index contributed by atoms with van der Waals surface area (Å²) in [6.45, 7) is 1.05. The number of urea groups is 1. The average molecular weight is 368 g/mol. The van der Waals surface area contributed by atoms with Gasteiger partial charge < -0.3 is 20.7 Å². The third kappa shape index (κ3) is 5.99. The van der Waals surface area contributed by atoms with Gasteiger partial charge in [-0.2, -0.15) is 0 Å². The minimum atomic E-state index is -0.306. The highest BCUT2D eigenvalue weighted by molar-refractivity contribution is 5.92. The Kier molecular flexibility index (Phi) is 6.62. The van der Waals surface area contributed by atoms with Crippen LogP contribution in [0.1, 0.15) is 36.0 Å². The molecule has 7 heteroatoms. The standard InChI is InChI=1S/C20H24N4O3/c25-19(27-18-5-1-2-6-18)15-7-9-16(10-8-15)24-20(26)23-13-12-22-17-4-3-11-21-14-17/h3-4,7-11,14,18,22H,1-2,5-6,12-13H2,(H2,23,24,26). The van der Waals surface area contributed by atoms with Crippen molar-refractivity contribution in [3.05, 3.63) is 54.4 Å². The number of pyridine rings is 1. The van der Waals surface area contributed by atoms with Crippen molar-refractivity contribution in [3.63, 3.8) is 0 Å². The number of aromatic nitrogens is 1. The lowest BCUT2D eigenvalue weighted by molar-refractivity contribution is 0.0318. The number of anilines is 2. The van der Waals surface area contributed by atoms with Gasteiger partial charge in [0, 0.05) is 31.2 Å². The van der Waals surface area contributed by atoms with E-state index in [0.29, 0.717) is 24.3 Å². The minimum absolute atomic E-state index is 0.0429. The van der Waals surface area contributed by atoms with E-state index in [0.717, 1.165) is 31.4 Å². The summed E-state index contributed by atoms with van der Waals surface area (Å²) in [4.78, 5) is 28.0. The van der Waals surface area contributed by atoms with Gasteiger partial charge in [-0.3, -0.25) is 4.98 Å². The number of carbonyl (C=O) groups is 2. The summed E-state index contributed by atoms with van der Waals surface area (Å²) in [6.07, 6.45) is 7.60. The molecule has 142 valence electrons. The van der Waals surface area contributed by atoms with E-state index in [-0.39, 0.29) is 18.1 Å². The molecule has 3 N–H and O–H groups in total. The first-order valence-electron chi connectivity index (χ1n) is 9.20. The summed E-state index contributed by atoms with van der Waals surface area (Å²) in [5, 5.41) is 8.66. The van der Waals surface area contributed by atoms with Crippen molar-refractivity contribution >= 4 is 23.4 Å². The molecule has 27 heavy (non-hydrogen) atoms. The van der Waals surface area contributed by atoms with Crippen molar-refractivity contribution in [2.45, 2.75) is 31.8 Å². The lowest BCUT2D eigenvalue weighted by Gasteiger charge is -2.12. The van der Waals surface area contributed by atoms with Crippen LogP contribution >= 0.6 is 0 Å². The maximum atomic E-state index is 12.1. The van der Waals surface area contributed by atoms with Gasteiger partial charge in [0.15, 0.2) is 0 Å². The van der Waals surface area contributed by atoms with Gasteiger partial charge in [-0.05, 0) is 62.1 Å². The van der Waals surface area contributed by atoms with Crippen LogP contribution in [0.5, 0.6) is 0 Å². The van der Waals surface area contributed by atoms with E-state index in [9.17, 15) is 9.59 Å². The molecule has 0 spiro atoms. The molecule has 1 aliphatic rings. The second-order valence-electron chi connectivity index (χ2n) is 6.44. The van der Waals surface area contributed by atoms with Crippen molar-refractivity contribution in [1.82, 2.24) is 10.3 Å². The molecular weight excluding hydrogens is 344 g/mol. The van der Waals surface area contributed by atoms with E-state index in [4.69, 9.17) is 4.74 Å². The topological polar surface area (TPSA) is 92.4 Å². The molecule has 1 saturated carbocycles. The lowest BCUT2D eigenvalue weighted by Crippen LogP contribution is -2.32. The number of rotatable bonds is 7. The average Bonchev–Trinajstić information content (AvgIpc) is 3.20. The Bertz CT molecular complexity index is 744. The molecule has 2 amide bonds. The Morgan fingerprint density at radius 2 is 1.81 bits per heavy atom. The molecular formula is C20H24N4O3. The van der Waals surface area contributed by atoms with Crippen molar-refractivity contribution in [2.24, 2.45) is 0 Å². The van der Waals surface area contributed by atoms with Crippen molar-refractivity contribution < 1.29 is 14.3 Å². The zero-order valence-corrected chi connectivity index (χ0v) is 15.1. The number of nitrogens with one attached hydrogen (secondary N) is 3. The normalized spacial score (nSPS) is 13.8. The number of nitrogens with zero attached hydrogens (tertiary/aromatic N) is 1. The maximum Gasteiger partial charge on any atom is 0.338 e. The van der Waals surface area contributed by atoms with E-state index in [1.165, 1.54) is 0 Å². The van der Waals surface area contributed by atoms with Crippen LogP contribution in [0.3, 0.4) is 0 Å². The first-order chi connectivity index (χ1) is 13.2. The SMILES string of the molecule is O=C(NCCNc1cccnc1)Nc1ccc(C(=O)OC2CCCC2)cc1. The Morgan fingerprint density at radius 1 is 1.04 bits per heavy atom. The molecule has 1 fully saturated rings. The fourth-order valence-corrected chi connectivity index (χ4v) is 2.94. The van der Waals surface area contributed by atoms with Crippen LogP contribution in [-0.4, -0.2) is 36.2 Å². The van der Waals surface area contributed by atoms with Gasteiger partial charge >= 0.3 is 12.0 Å². The van der Waals surface area contributed by atoms with E-state index in [2.05, 4.69) is 20.9 Å². The summed E-state index contributed by atoms with van der Waals surface area (Å²) in [6, 6.07) is 10.2. The zero-order valence-electron chi connectivity index (χ0n) is 15.1. The summed E-state index contributed by atoms with van der Waals surface area (Å²) in [5.41, 5.74) is 2.01. The number of benzene rings is 1. The van der Waals surface area contributed by atoms with Crippen molar-refractivity contribution in [1.29, 1.82) is 0 Å². The van der Waals surface area contributed by atoms with Crippen molar-refractivity contribution in [3.8, 4) is 0 Å². The third-order valence-corrected chi connectivity index (χ3v) is 4.36. The Labute approximate surface area is 158 Å². The number of hydrogen-bond donors (Lipinski definition) is 3. The first kappa shape index (κ1) is 18.7. The molecule has 1 aromatic carbocycles. The van der Waals surface area contributed by atoms with Crippen LogP contribution in [0.15, 0.2) is 48.8 Å². The van der Waals surface area contributed by atoms with Gasteiger partial charge in [0.2, 0.25) is 0 Å². The predicted octanol–water partition coefficient (Wildman–Crippen LogP) is 3.41. The largest absolute Gasteiger partial charge is 0.459 e. The molecule has 2 aromatic rings. The number of amides is 2. The number of carbonyl (C=O) groups excluding carboxylic acids is 2. The molecule has 1 heterocycles. The molecule has 0 aliphatic heterocycles. The molecule has 0 unspecified atom stereocenters. The highest BCUT2D eigenvalue weighted by Gasteiger charge is 2.20. The van der Waals surface area contributed by atoms with Crippen LogP contribution < -0.4 is 16.0 Å². The Morgan fingerprint density at radius 3 is 2.52 bits per heavy atom. The molecule has 0 saturated heterocycles. The molecule has 1 aliphatic carbocycles. The van der Waals surface area contributed by atoms with E-state index in [1.807, 2.05) is 12.1 Å². The van der Waals surface area contributed by atoms with Crippen LogP contribution in [0.25, 0.3) is 0 Å². The second-order valence-corrected chi connectivity index (χ2v) is 6.44. The summed E-state index contributed by atoms with van der Waals surface area (Å²) < 4.78 is 5.47. The van der Waals surface area contributed by atoms with Crippen LogP contribution in [-0.2, 0) is 4.74 Å². The van der Waals surface area contributed by atoms with Gasteiger partial charge in [-0.15, -0.1) is 0 Å². The first-order valence-corrected chi connectivity index (χ1v) is 9.20. The van der Waals surface area contributed by atoms with Gasteiger partial charge in [-0.1, -0.05) is 0 Å². The maximum absolute atomic E-state index is 12.1. The molecule has 1 aromatic heterocycles. The van der Waals surface area contributed by atoms with Gasteiger partial charge in [0.1, 0.15) is 6.10 Å². The molecule has 0 atom stereocenters. The van der Waals surface area contributed by atoms with Crippen LogP contribution in [0.2, 0.25) is 0 Å². The zero-order chi connectivity index (χ0) is 18.9. The minimum Gasteiger partial charge on any atom is -0.459 e. The molecule has 3 rings (SSSR count). The third-order valence-electron chi connectivity index (χ3n) is 4.36. The number of hydrogen-bond acceptors (Lipinski definition) is 5. The van der Waals surface area contributed by atoms with Gasteiger partial charge in [0.25, 0.3) is 0 Å². The number of esters is 1.